The predicted octanol–water partition coefficient (Wildman–Crippen LogP) is 1.98. The van der Waals surface area contributed by atoms with Crippen molar-refractivity contribution in [2.75, 3.05) is 26.7 Å². The van der Waals surface area contributed by atoms with Crippen LogP contribution >= 0.6 is 0 Å². The van der Waals surface area contributed by atoms with Gasteiger partial charge in [-0.3, -0.25) is 14.4 Å². The molecule has 3 heterocycles. The number of hydrogen-bond acceptors (Lipinski definition) is 5. The van der Waals surface area contributed by atoms with Crippen LogP contribution in [0.1, 0.15) is 53.4 Å². The third kappa shape index (κ3) is 3.88. The van der Waals surface area contributed by atoms with Crippen LogP contribution in [-0.2, 0) is 19.1 Å². The highest BCUT2D eigenvalue weighted by Gasteiger charge is 2.78. The molecule has 3 unspecified atom stereocenters. The van der Waals surface area contributed by atoms with Gasteiger partial charge in [0.15, 0.2) is 0 Å². The lowest BCUT2D eigenvalue weighted by Crippen LogP contribution is -2.59. The molecule has 0 radical (unpaired) electrons. The quantitative estimate of drug-likeness (QED) is 0.462. The fraction of sp³-hybridized carbons (Fsp3) is 0.731. The van der Waals surface area contributed by atoms with E-state index in [1.807, 2.05) is 13.8 Å². The number of likely N-dealkylation sites (N-methyl/N-ethyl adjacent to an activating group) is 1. The minimum Gasteiger partial charge on any atom is -0.394 e. The highest BCUT2D eigenvalue weighted by Crippen LogP contribution is 2.63. The standard InChI is InChI=1S/C26H41N3O5/c1-8-11-17(4)28(15-10-3)24(33)21-26-13-12-25(6,34-26)19(22(31)27(7)14-9-2)20(26)23(32)29(21)18(5)16-30/h9-10,17-21,30H,2-3,8,11-16H2,1,4-7H3/t17?,18-,19+,20+,21?,25-,26?/m1/s1. The first-order valence-corrected chi connectivity index (χ1v) is 12.4. The topological polar surface area (TPSA) is 90.4 Å². The third-order valence-electron chi connectivity index (χ3n) is 8.08. The summed E-state index contributed by atoms with van der Waals surface area (Å²) in [5, 5.41) is 10.0. The first-order chi connectivity index (χ1) is 16.0. The number of aliphatic hydroxyl groups is 1. The summed E-state index contributed by atoms with van der Waals surface area (Å²) in [6.07, 6.45) is 6.18. The second-order valence-electron chi connectivity index (χ2n) is 10.4. The van der Waals surface area contributed by atoms with Crippen LogP contribution in [0.4, 0.5) is 0 Å². The first kappa shape index (κ1) is 26.4. The van der Waals surface area contributed by atoms with E-state index in [1.54, 1.807) is 35.9 Å². The van der Waals surface area contributed by atoms with Crippen molar-refractivity contribution in [3.63, 3.8) is 0 Å². The van der Waals surface area contributed by atoms with Crippen LogP contribution in [0.5, 0.6) is 0 Å². The van der Waals surface area contributed by atoms with Crippen molar-refractivity contribution in [2.45, 2.75) is 82.7 Å². The van der Waals surface area contributed by atoms with Gasteiger partial charge in [0.25, 0.3) is 0 Å². The Morgan fingerprint density at radius 3 is 2.44 bits per heavy atom. The molecule has 3 fully saturated rings. The summed E-state index contributed by atoms with van der Waals surface area (Å²) in [5.74, 6) is -2.11. The monoisotopic (exact) mass is 475 g/mol. The highest BCUT2D eigenvalue weighted by molar-refractivity contribution is 5.99. The Morgan fingerprint density at radius 1 is 1.24 bits per heavy atom. The van der Waals surface area contributed by atoms with E-state index in [4.69, 9.17) is 4.74 Å². The van der Waals surface area contributed by atoms with E-state index in [2.05, 4.69) is 20.1 Å². The minimum absolute atomic E-state index is 0.0438. The second-order valence-corrected chi connectivity index (χ2v) is 10.4. The fourth-order valence-corrected chi connectivity index (χ4v) is 6.46. The number of likely N-dealkylation sites (tertiary alicyclic amines) is 1. The Balaban J connectivity index is 2.10. The summed E-state index contributed by atoms with van der Waals surface area (Å²) in [4.78, 5) is 46.5. The van der Waals surface area contributed by atoms with Gasteiger partial charge in [-0.25, -0.2) is 0 Å². The molecule has 0 aliphatic carbocycles. The molecule has 3 aliphatic heterocycles. The van der Waals surface area contributed by atoms with Crippen molar-refractivity contribution in [3.05, 3.63) is 25.3 Å². The van der Waals surface area contributed by atoms with Crippen LogP contribution in [-0.4, -0.2) is 93.6 Å². The van der Waals surface area contributed by atoms with E-state index >= 15 is 0 Å². The average molecular weight is 476 g/mol. The van der Waals surface area contributed by atoms with Crippen LogP contribution in [0.25, 0.3) is 0 Å². The Morgan fingerprint density at radius 2 is 1.88 bits per heavy atom. The van der Waals surface area contributed by atoms with Crippen molar-refractivity contribution in [3.8, 4) is 0 Å². The molecule has 8 heteroatoms. The summed E-state index contributed by atoms with van der Waals surface area (Å²) in [7, 11) is 1.69. The zero-order valence-corrected chi connectivity index (χ0v) is 21.3. The van der Waals surface area contributed by atoms with E-state index in [0.717, 1.165) is 12.8 Å². The van der Waals surface area contributed by atoms with E-state index in [9.17, 15) is 19.5 Å². The van der Waals surface area contributed by atoms with Gasteiger partial charge in [0, 0.05) is 26.2 Å². The van der Waals surface area contributed by atoms with Crippen molar-refractivity contribution in [2.24, 2.45) is 11.8 Å². The van der Waals surface area contributed by atoms with Gasteiger partial charge in [-0.1, -0.05) is 25.5 Å². The van der Waals surface area contributed by atoms with E-state index < -0.39 is 35.1 Å². The minimum atomic E-state index is -1.09. The highest BCUT2D eigenvalue weighted by atomic mass is 16.5. The zero-order valence-electron chi connectivity index (χ0n) is 21.3. The molecular formula is C26H41N3O5. The third-order valence-corrected chi connectivity index (χ3v) is 8.08. The van der Waals surface area contributed by atoms with Crippen LogP contribution in [0.2, 0.25) is 0 Å². The van der Waals surface area contributed by atoms with Crippen LogP contribution in [0, 0.1) is 11.8 Å². The molecule has 3 saturated heterocycles. The van der Waals surface area contributed by atoms with Crippen molar-refractivity contribution >= 4 is 17.7 Å². The molecular weight excluding hydrogens is 434 g/mol. The maximum absolute atomic E-state index is 14.2. The zero-order chi connectivity index (χ0) is 25.4. The normalized spacial score (nSPS) is 33.4. The van der Waals surface area contributed by atoms with Gasteiger partial charge < -0.3 is 24.5 Å². The molecule has 1 N–H and O–H groups in total. The Hall–Kier alpha value is -2.19. The Bertz CT molecular complexity index is 846. The molecule has 190 valence electrons. The molecule has 8 nitrogen and oxygen atoms in total. The lowest BCUT2D eigenvalue weighted by Gasteiger charge is -2.40. The molecule has 0 aromatic carbocycles. The number of carbonyl (C=O) groups is 3. The lowest BCUT2D eigenvalue weighted by atomic mass is 9.66. The van der Waals surface area contributed by atoms with Gasteiger partial charge in [-0.2, -0.15) is 0 Å². The number of carbonyl (C=O) groups excluding carboxylic acids is 3. The summed E-state index contributed by atoms with van der Waals surface area (Å²) in [6.45, 7) is 15.7. The number of fused-ring (bicyclic) bond motifs is 1. The van der Waals surface area contributed by atoms with Crippen molar-refractivity contribution < 1.29 is 24.2 Å². The predicted molar refractivity (Wildman–Crippen MR) is 130 cm³/mol. The number of rotatable bonds is 11. The molecule has 2 bridgehead atoms. The van der Waals surface area contributed by atoms with Crippen LogP contribution in [0.15, 0.2) is 25.3 Å². The Labute approximate surface area is 203 Å². The number of nitrogens with zero attached hydrogens (tertiary/aromatic N) is 3. The fourth-order valence-electron chi connectivity index (χ4n) is 6.46. The van der Waals surface area contributed by atoms with Crippen molar-refractivity contribution in [1.29, 1.82) is 0 Å². The first-order valence-electron chi connectivity index (χ1n) is 12.4. The number of ether oxygens (including phenoxy) is 1. The molecule has 3 rings (SSSR count). The van der Waals surface area contributed by atoms with E-state index in [1.165, 1.54) is 4.90 Å². The maximum Gasteiger partial charge on any atom is 0.248 e. The largest absolute Gasteiger partial charge is 0.394 e. The van der Waals surface area contributed by atoms with E-state index in [0.29, 0.717) is 25.9 Å². The number of hydrogen-bond donors (Lipinski definition) is 1. The SMILES string of the molecule is C=CCN(C)C(=O)[C@@H]1[C@H]2C(=O)N([C@H](C)CO)C(C(=O)N(CC=C)C(C)CCC)C23CC[C@@]1(C)O3. The number of aliphatic hydroxyl groups excluding tert-OH is 1. The molecule has 3 aliphatic rings. The molecule has 34 heavy (non-hydrogen) atoms. The van der Waals surface area contributed by atoms with Gasteiger partial charge >= 0.3 is 0 Å². The summed E-state index contributed by atoms with van der Waals surface area (Å²) >= 11 is 0. The van der Waals surface area contributed by atoms with Gasteiger partial charge in [0.2, 0.25) is 17.7 Å². The molecule has 0 aromatic heterocycles. The van der Waals surface area contributed by atoms with Gasteiger partial charge in [-0.05, 0) is 40.0 Å². The summed E-state index contributed by atoms with van der Waals surface area (Å²) in [5.41, 5.74) is -1.91. The maximum atomic E-state index is 14.2. The number of amides is 3. The van der Waals surface area contributed by atoms with Crippen LogP contribution in [0.3, 0.4) is 0 Å². The molecule has 0 saturated carbocycles. The lowest BCUT2D eigenvalue weighted by molar-refractivity contribution is -0.156. The smallest absolute Gasteiger partial charge is 0.248 e. The summed E-state index contributed by atoms with van der Waals surface area (Å²) < 4.78 is 6.64. The summed E-state index contributed by atoms with van der Waals surface area (Å²) in [6, 6.07) is -1.51. The van der Waals surface area contributed by atoms with Gasteiger partial charge in [0.1, 0.15) is 11.6 Å². The molecule has 7 atom stereocenters. The van der Waals surface area contributed by atoms with Gasteiger partial charge in [-0.15, -0.1) is 13.2 Å². The van der Waals surface area contributed by atoms with E-state index in [-0.39, 0.29) is 30.4 Å². The van der Waals surface area contributed by atoms with Gasteiger partial charge in [0.05, 0.1) is 30.1 Å². The van der Waals surface area contributed by atoms with Crippen molar-refractivity contribution in [1.82, 2.24) is 14.7 Å². The molecule has 3 amide bonds. The second kappa shape index (κ2) is 9.82. The van der Waals surface area contributed by atoms with Crippen LogP contribution < -0.4 is 0 Å². The Kier molecular flexibility index (Phi) is 7.63. The average Bonchev–Trinajstić information content (AvgIpc) is 3.37. The molecule has 1 spiro atoms. The molecule has 0 aromatic rings.